The van der Waals surface area contributed by atoms with Crippen molar-refractivity contribution < 1.29 is 32.7 Å². The Morgan fingerprint density at radius 2 is 1.98 bits per heavy atom. The highest BCUT2D eigenvalue weighted by Crippen LogP contribution is 2.47. The van der Waals surface area contributed by atoms with Gasteiger partial charge in [0.25, 0.3) is 0 Å². The van der Waals surface area contributed by atoms with Crippen LogP contribution >= 0.6 is 11.3 Å². The molecule has 6 rings (SSSR count). The Hall–Kier alpha value is -3.54. The second-order valence-electron chi connectivity index (χ2n) is 10.3. The second-order valence-corrected chi connectivity index (χ2v) is 11.3. The van der Waals surface area contributed by atoms with Gasteiger partial charge >= 0.3 is 12.1 Å². The smallest absolute Gasteiger partial charge is 0.422 e. The lowest BCUT2D eigenvalue weighted by Crippen LogP contribution is -2.40. The average molecular weight is 570 g/mol. The number of nitrogens with zero attached hydrogens (tertiary/aromatic N) is 3. The molecule has 1 aliphatic carbocycles. The van der Waals surface area contributed by atoms with Gasteiger partial charge in [0.05, 0.1) is 22.6 Å². The van der Waals surface area contributed by atoms with Crippen molar-refractivity contribution in [2.75, 3.05) is 19.6 Å². The molecule has 0 radical (unpaired) electrons. The molecule has 0 amide bonds. The van der Waals surface area contributed by atoms with Gasteiger partial charge in [0.15, 0.2) is 5.01 Å². The molecule has 0 saturated carbocycles. The van der Waals surface area contributed by atoms with E-state index in [-0.39, 0.29) is 16.5 Å². The first-order valence-electron chi connectivity index (χ1n) is 13.1. The number of hydrogen-bond acceptors (Lipinski definition) is 7. The zero-order chi connectivity index (χ0) is 28.0. The van der Waals surface area contributed by atoms with Gasteiger partial charge in [-0.15, -0.1) is 11.3 Å². The summed E-state index contributed by atoms with van der Waals surface area (Å²) in [5, 5.41) is 24.2. The molecule has 1 unspecified atom stereocenters. The van der Waals surface area contributed by atoms with Gasteiger partial charge in [-0.1, -0.05) is 53.7 Å². The molecule has 1 saturated heterocycles. The third-order valence-corrected chi connectivity index (χ3v) is 8.72. The molecule has 208 valence electrons. The lowest BCUT2D eigenvalue weighted by molar-refractivity contribution is -0.143. The number of aliphatic hydroxyl groups is 1. The summed E-state index contributed by atoms with van der Waals surface area (Å²) in [4.78, 5) is 18.7. The van der Waals surface area contributed by atoms with Crippen molar-refractivity contribution in [2.45, 2.75) is 38.0 Å². The molecule has 3 heterocycles. The fourth-order valence-corrected chi connectivity index (χ4v) is 6.75. The molecular formula is C29H26F3N3O4S. The maximum atomic E-state index is 14.2. The summed E-state index contributed by atoms with van der Waals surface area (Å²) in [7, 11) is 0. The number of aliphatic carboxylic acids is 1. The number of benzene rings is 2. The molecule has 2 N–H and O–H groups in total. The average Bonchev–Trinajstić information content (AvgIpc) is 3.58. The van der Waals surface area contributed by atoms with Crippen LogP contribution in [0.2, 0.25) is 0 Å². The van der Waals surface area contributed by atoms with Crippen molar-refractivity contribution in [3.63, 3.8) is 0 Å². The topological polar surface area (TPSA) is 99.7 Å². The maximum Gasteiger partial charge on any atom is 0.422 e. The molecule has 0 bridgehead atoms. The number of hydrogen-bond donors (Lipinski definition) is 2. The number of piperidine rings is 1. The molecule has 2 aromatic carbocycles. The van der Waals surface area contributed by atoms with Gasteiger partial charge in [0.1, 0.15) is 11.3 Å². The highest BCUT2D eigenvalue weighted by Gasteiger charge is 2.42. The van der Waals surface area contributed by atoms with Crippen LogP contribution < -0.4 is 0 Å². The van der Waals surface area contributed by atoms with Gasteiger partial charge in [0, 0.05) is 18.7 Å². The van der Waals surface area contributed by atoms with Gasteiger partial charge in [-0.05, 0) is 48.9 Å². The zero-order valence-corrected chi connectivity index (χ0v) is 22.1. The first-order chi connectivity index (χ1) is 19.2. The Morgan fingerprint density at radius 3 is 2.73 bits per heavy atom. The molecule has 0 spiro atoms. The van der Waals surface area contributed by atoms with E-state index in [1.807, 2.05) is 23.1 Å². The fourth-order valence-electron chi connectivity index (χ4n) is 5.60. The number of fused-ring (bicyclic) bond motifs is 3. The molecule has 2 aromatic heterocycles. The standard InChI is InChI=1S/C29H26F3N3O4S/c30-29(31,32)23-24(16-5-2-1-3-6-16)34-39-25(23)27-33-21-11-9-17-13-18(8-10-20(17)26(21)40-27)22(36)15-35-12-4-7-19(14-35)28(37)38/h1-3,5-6,8,10,13,19,22,36H,4,7,9,11-12,14-15H2,(H,37,38)/t19-,22?/m0/s1. The van der Waals surface area contributed by atoms with Crippen LogP contribution in [0.1, 0.15) is 41.3 Å². The first kappa shape index (κ1) is 26.7. The Balaban J connectivity index is 1.28. The van der Waals surface area contributed by atoms with Crippen molar-refractivity contribution in [1.82, 2.24) is 15.0 Å². The van der Waals surface area contributed by atoms with Crippen molar-refractivity contribution >= 4 is 17.3 Å². The Labute approximate surface area is 231 Å². The van der Waals surface area contributed by atoms with Crippen molar-refractivity contribution in [1.29, 1.82) is 0 Å². The number of halogens is 3. The Morgan fingerprint density at radius 1 is 1.18 bits per heavy atom. The van der Waals surface area contributed by atoms with E-state index in [9.17, 15) is 28.2 Å². The number of aliphatic hydroxyl groups excluding tert-OH is 1. The lowest BCUT2D eigenvalue weighted by Gasteiger charge is -2.32. The summed E-state index contributed by atoms with van der Waals surface area (Å²) in [5.74, 6) is -1.62. The SMILES string of the molecule is O=C(O)[C@H]1CCCN(CC(O)c2ccc3c(c2)CCc2nc(-c4onc(-c5ccccc5)c4C(F)(F)F)sc2-3)C1. The number of carbonyl (C=O) groups is 1. The van der Waals surface area contributed by atoms with Gasteiger partial charge in [0.2, 0.25) is 5.76 Å². The largest absolute Gasteiger partial charge is 0.481 e. The molecule has 40 heavy (non-hydrogen) atoms. The Bertz CT molecular complexity index is 1550. The minimum absolute atomic E-state index is 0.127. The van der Waals surface area contributed by atoms with E-state index in [1.165, 1.54) is 0 Å². The number of aryl methyl sites for hydroxylation is 2. The van der Waals surface area contributed by atoms with Crippen LogP contribution in [0.3, 0.4) is 0 Å². The number of carboxylic acids is 1. The van der Waals surface area contributed by atoms with E-state index in [4.69, 9.17) is 4.52 Å². The molecule has 4 aromatic rings. The van der Waals surface area contributed by atoms with Crippen LogP contribution in [-0.4, -0.2) is 50.9 Å². The molecule has 11 heteroatoms. The quantitative estimate of drug-likeness (QED) is 0.290. The number of alkyl halides is 3. The first-order valence-corrected chi connectivity index (χ1v) is 13.9. The van der Waals surface area contributed by atoms with Crippen LogP contribution in [0.25, 0.3) is 32.5 Å². The van der Waals surface area contributed by atoms with Crippen molar-refractivity contribution in [3.8, 4) is 32.5 Å². The summed E-state index contributed by atoms with van der Waals surface area (Å²) >= 11 is 1.14. The predicted molar refractivity (Wildman–Crippen MR) is 143 cm³/mol. The number of likely N-dealkylation sites (tertiary alicyclic amines) is 1. The van der Waals surface area contributed by atoms with E-state index in [0.717, 1.165) is 45.9 Å². The minimum atomic E-state index is -4.69. The van der Waals surface area contributed by atoms with E-state index in [2.05, 4.69) is 10.1 Å². The zero-order valence-electron chi connectivity index (χ0n) is 21.3. The van der Waals surface area contributed by atoms with E-state index in [0.29, 0.717) is 43.6 Å². The summed E-state index contributed by atoms with van der Waals surface area (Å²) in [6, 6.07) is 13.8. The number of aromatic nitrogens is 2. The maximum absolute atomic E-state index is 14.2. The summed E-state index contributed by atoms with van der Waals surface area (Å²) in [6.07, 6.45) is -2.87. The van der Waals surface area contributed by atoms with Crippen molar-refractivity contribution in [2.24, 2.45) is 5.92 Å². The van der Waals surface area contributed by atoms with Gasteiger partial charge < -0.3 is 14.7 Å². The van der Waals surface area contributed by atoms with Crippen LogP contribution in [0.4, 0.5) is 13.2 Å². The van der Waals surface area contributed by atoms with E-state index < -0.39 is 29.7 Å². The van der Waals surface area contributed by atoms with Crippen molar-refractivity contribution in [3.05, 3.63) is 70.9 Å². The second kappa shape index (κ2) is 10.5. The molecule has 2 aliphatic rings. The van der Waals surface area contributed by atoms with Gasteiger partial charge in [-0.25, -0.2) is 4.98 Å². The van der Waals surface area contributed by atoms with Gasteiger partial charge in [-0.2, -0.15) is 13.2 Å². The molecular weight excluding hydrogens is 543 g/mol. The van der Waals surface area contributed by atoms with Crippen LogP contribution in [0.5, 0.6) is 0 Å². The third-order valence-electron chi connectivity index (χ3n) is 7.59. The monoisotopic (exact) mass is 569 g/mol. The molecule has 1 aliphatic heterocycles. The minimum Gasteiger partial charge on any atom is -0.481 e. The van der Waals surface area contributed by atoms with Gasteiger partial charge in [-0.3, -0.25) is 9.69 Å². The summed E-state index contributed by atoms with van der Waals surface area (Å²) < 4.78 is 47.9. The summed E-state index contributed by atoms with van der Waals surface area (Å²) in [5.41, 5.74) is 2.41. The highest BCUT2D eigenvalue weighted by atomic mass is 32.1. The van der Waals surface area contributed by atoms with Crippen LogP contribution in [-0.2, 0) is 23.8 Å². The van der Waals surface area contributed by atoms with Crippen LogP contribution in [0, 0.1) is 5.92 Å². The highest BCUT2D eigenvalue weighted by molar-refractivity contribution is 7.18. The molecule has 1 fully saturated rings. The number of rotatable bonds is 6. The summed E-state index contributed by atoms with van der Waals surface area (Å²) in [6.45, 7) is 1.50. The third kappa shape index (κ3) is 5.04. The van der Waals surface area contributed by atoms with E-state index in [1.54, 1.807) is 30.3 Å². The van der Waals surface area contributed by atoms with E-state index >= 15 is 0 Å². The molecule has 2 atom stereocenters. The normalized spacial score (nSPS) is 18.2. The number of β-amino-alcohol motifs (C(OH)–C–C–N with tert-alkyl or cyclic N) is 1. The number of carboxylic acid groups (broad SMARTS) is 1. The fraction of sp³-hybridized carbons (Fsp3) is 0.345. The predicted octanol–water partition coefficient (Wildman–Crippen LogP) is 6.08. The molecule has 7 nitrogen and oxygen atoms in total. The van der Waals surface area contributed by atoms with Crippen LogP contribution in [0.15, 0.2) is 53.1 Å². The lowest BCUT2D eigenvalue weighted by atomic mass is 9.91. The number of thiazole rings is 1. The Kier molecular flexibility index (Phi) is 6.97.